The molecule has 33 heavy (non-hydrogen) atoms. The van der Waals surface area contributed by atoms with Gasteiger partial charge in [-0.2, -0.15) is 18.9 Å². The summed E-state index contributed by atoms with van der Waals surface area (Å²) >= 11 is 0. The SMILES string of the molecule is Cc1cc(-c2cnn(C(F)F)c2)ncc1Nc1ncc2c(n1)n(C1CCOCC1)c(=O)n2C. The normalized spacial score (nSPS) is 14.9. The average molecular weight is 456 g/mol. The van der Waals surface area contributed by atoms with E-state index in [0.29, 0.717) is 52.0 Å². The highest BCUT2D eigenvalue weighted by Crippen LogP contribution is 2.27. The molecule has 0 aromatic carbocycles. The molecule has 1 fully saturated rings. The third-order valence-corrected chi connectivity index (χ3v) is 5.84. The Kier molecular flexibility index (Phi) is 5.36. The van der Waals surface area contributed by atoms with Gasteiger partial charge >= 0.3 is 12.2 Å². The van der Waals surface area contributed by atoms with Gasteiger partial charge in [0.05, 0.1) is 30.0 Å². The number of anilines is 2. The Hall–Kier alpha value is -3.67. The van der Waals surface area contributed by atoms with Crippen LogP contribution in [0, 0.1) is 6.92 Å². The van der Waals surface area contributed by atoms with E-state index in [2.05, 4.69) is 25.4 Å². The summed E-state index contributed by atoms with van der Waals surface area (Å²) < 4.78 is 34.9. The van der Waals surface area contributed by atoms with Crippen LogP contribution in [0.3, 0.4) is 0 Å². The maximum Gasteiger partial charge on any atom is 0.333 e. The molecule has 0 aliphatic carbocycles. The Morgan fingerprint density at radius 1 is 1.18 bits per heavy atom. The molecular weight excluding hydrogens is 434 g/mol. The Morgan fingerprint density at radius 2 is 1.97 bits per heavy atom. The van der Waals surface area contributed by atoms with Gasteiger partial charge in [0.2, 0.25) is 5.95 Å². The van der Waals surface area contributed by atoms with Crippen molar-refractivity contribution >= 4 is 22.8 Å². The largest absolute Gasteiger partial charge is 0.381 e. The van der Waals surface area contributed by atoms with Gasteiger partial charge in [0.25, 0.3) is 0 Å². The minimum atomic E-state index is -2.70. The molecule has 0 radical (unpaired) electrons. The topological polar surface area (TPSA) is 105 Å². The third-order valence-electron chi connectivity index (χ3n) is 5.84. The van der Waals surface area contributed by atoms with Crippen LogP contribution in [0.1, 0.15) is 31.0 Å². The van der Waals surface area contributed by atoms with E-state index in [1.165, 1.54) is 12.4 Å². The molecule has 0 atom stereocenters. The fraction of sp³-hybridized carbons (Fsp3) is 0.381. The summed E-state index contributed by atoms with van der Waals surface area (Å²) in [5, 5.41) is 6.80. The summed E-state index contributed by atoms with van der Waals surface area (Å²) in [6, 6.07) is 1.79. The van der Waals surface area contributed by atoms with Gasteiger partial charge < -0.3 is 10.1 Å². The van der Waals surface area contributed by atoms with Gasteiger partial charge in [-0.25, -0.2) is 14.5 Å². The quantitative estimate of drug-likeness (QED) is 0.492. The molecule has 5 heterocycles. The Bertz CT molecular complexity index is 1370. The van der Waals surface area contributed by atoms with Gasteiger partial charge in [-0.3, -0.25) is 14.1 Å². The van der Waals surface area contributed by atoms with Gasteiger partial charge in [0.15, 0.2) is 5.65 Å². The maximum atomic E-state index is 12.9. The molecule has 0 spiro atoms. The predicted molar refractivity (Wildman–Crippen MR) is 117 cm³/mol. The van der Waals surface area contributed by atoms with E-state index in [9.17, 15) is 13.6 Å². The lowest BCUT2D eigenvalue weighted by Crippen LogP contribution is -2.30. The lowest BCUT2D eigenvalue weighted by atomic mass is 10.1. The first-order valence-electron chi connectivity index (χ1n) is 10.5. The van der Waals surface area contributed by atoms with Crippen molar-refractivity contribution in [1.29, 1.82) is 0 Å². The molecule has 0 saturated carbocycles. The highest BCUT2D eigenvalue weighted by molar-refractivity contribution is 5.73. The molecule has 1 N–H and O–H groups in total. The molecule has 0 unspecified atom stereocenters. The summed E-state index contributed by atoms with van der Waals surface area (Å²) in [7, 11) is 1.71. The van der Waals surface area contributed by atoms with Crippen LogP contribution < -0.4 is 11.0 Å². The van der Waals surface area contributed by atoms with E-state index < -0.39 is 6.55 Å². The molecule has 1 aliphatic heterocycles. The van der Waals surface area contributed by atoms with Crippen molar-refractivity contribution in [2.24, 2.45) is 7.05 Å². The average Bonchev–Trinajstić information content (AvgIpc) is 3.40. The molecule has 12 heteroatoms. The minimum Gasteiger partial charge on any atom is -0.381 e. The number of ether oxygens (including phenoxy) is 1. The summed E-state index contributed by atoms with van der Waals surface area (Å²) in [6.45, 7) is 0.377. The number of fused-ring (bicyclic) bond motifs is 1. The predicted octanol–water partition coefficient (Wildman–Crippen LogP) is 3.19. The fourth-order valence-electron chi connectivity index (χ4n) is 4.01. The number of rotatable bonds is 5. The zero-order valence-corrected chi connectivity index (χ0v) is 18.1. The second-order valence-corrected chi connectivity index (χ2v) is 7.95. The summed E-state index contributed by atoms with van der Waals surface area (Å²) in [5.74, 6) is 0.331. The van der Waals surface area contributed by atoms with Crippen LogP contribution in [-0.4, -0.2) is 47.1 Å². The second kappa shape index (κ2) is 8.35. The van der Waals surface area contributed by atoms with E-state index in [-0.39, 0.29) is 11.7 Å². The summed E-state index contributed by atoms with van der Waals surface area (Å²) in [6.07, 6.45) is 7.31. The van der Waals surface area contributed by atoms with Gasteiger partial charge in [-0.1, -0.05) is 0 Å². The van der Waals surface area contributed by atoms with Crippen LogP contribution in [0.15, 0.2) is 35.6 Å². The molecule has 4 aromatic rings. The number of nitrogens with one attached hydrogen (secondary N) is 1. The van der Waals surface area contributed by atoms with Crippen LogP contribution in [0.5, 0.6) is 0 Å². The molecule has 0 bridgehead atoms. The number of imidazole rings is 1. The van der Waals surface area contributed by atoms with E-state index in [1.807, 2.05) is 6.92 Å². The zero-order chi connectivity index (χ0) is 23.1. The maximum absolute atomic E-state index is 12.9. The number of aryl methyl sites for hydroxylation is 2. The van der Waals surface area contributed by atoms with Gasteiger partial charge in [-0.05, 0) is 31.4 Å². The van der Waals surface area contributed by atoms with Crippen LogP contribution in [0.2, 0.25) is 0 Å². The highest BCUT2D eigenvalue weighted by atomic mass is 19.3. The first-order chi connectivity index (χ1) is 15.9. The number of pyridine rings is 1. The number of hydrogen-bond donors (Lipinski definition) is 1. The number of halogens is 2. The van der Waals surface area contributed by atoms with E-state index in [4.69, 9.17) is 4.74 Å². The van der Waals surface area contributed by atoms with Crippen LogP contribution in [-0.2, 0) is 11.8 Å². The summed E-state index contributed by atoms with van der Waals surface area (Å²) in [4.78, 5) is 26.2. The van der Waals surface area contributed by atoms with Crippen molar-refractivity contribution in [3.8, 4) is 11.3 Å². The summed E-state index contributed by atoms with van der Waals surface area (Å²) in [5.41, 5.74) is 3.59. The Morgan fingerprint density at radius 3 is 2.67 bits per heavy atom. The first kappa shape index (κ1) is 21.2. The molecule has 172 valence electrons. The minimum absolute atomic E-state index is 0.0227. The highest BCUT2D eigenvalue weighted by Gasteiger charge is 2.23. The zero-order valence-electron chi connectivity index (χ0n) is 18.1. The van der Waals surface area contributed by atoms with E-state index in [1.54, 1.807) is 34.6 Å². The number of aromatic nitrogens is 7. The van der Waals surface area contributed by atoms with Crippen molar-refractivity contribution in [3.05, 3.63) is 46.9 Å². The van der Waals surface area contributed by atoms with Gasteiger partial charge in [0.1, 0.15) is 5.52 Å². The molecule has 1 saturated heterocycles. The van der Waals surface area contributed by atoms with Crippen LogP contribution >= 0.6 is 0 Å². The Balaban J connectivity index is 1.45. The molecule has 0 amide bonds. The number of hydrogen-bond acceptors (Lipinski definition) is 7. The fourth-order valence-corrected chi connectivity index (χ4v) is 4.01. The Labute approximate surface area is 186 Å². The molecular formula is C21H22F2N8O2. The van der Waals surface area contributed by atoms with E-state index in [0.717, 1.165) is 18.4 Å². The third kappa shape index (κ3) is 3.86. The van der Waals surface area contributed by atoms with Crippen molar-refractivity contribution in [1.82, 2.24) is 33.9 Å². The number of nitrogens with zero attached hydrogens (tertiary/aromatic N) is 7. The van der Waals surface area contributed by atoms with Gasteiger partial charge in [-0.15, -0.1) is 0 Å². The number of alkyl halides is 2. The van der Waals surface area contributed by atoms with Crippen molar-refractivity contribution < 1.29 is 13.5 Å². The lowest BCUT2D eigenvalue weighted by Gasteiger charge is -2.22. The van der Waals surface area contributed by atoms with E-state index >= 15 is 0 Å². The van der Waals surface area contributed by atoms with Crippen molar-refractivity contribution in [2.75, 3.05) is 18.5 Å². The van der Waals surface area contributed by atoms with Crippen LogP contribution in [0.25, 0.3) is 22.4 Å². The van der Waals surface area contributed by atoms with Crippen LogP contribution in [0.4, 0.5) is 20.4 Å². The second-order valence-electron chi connectivity index (χ2n) is 7.95. The molecule has 10 nitrogen and oxygen atoms in total. The van der Waals surface area contributed by atoms with Gasteiger partial charge in [0, 0.05) is 38.1 Å². The molecule has 5 rings (SSSR count). The lowest BCUT2D eigenvalue weighted by molar-refractivity contribution is 0.0566. The molecule has 4 aromatic heterocycles. The standard InChI is InChI=1S/C21H22F2N8O2/c1-12-7-15(13-8-26-30(11-13)19(22)23)24-9-16(12)27-20-25-10-17-18(28-20)31(21(32)29(17)2)14-3-5-33-6-4-14/h7-11,14,19H,3-6H2,1-2H3,(H,25,27,28). The smallest absolute Gasteiger partial charge is 0.333 e. The molecule has 1 aliphatic rings. The van der Waals surface area contributed by atoms with Crippen molar-refractivity contribution in [2.45, 2.75) is 32.4 Å². The monoisotopic (exact) mass is 456 g/mol. The van der Waals surface area contributed by atoms with Crippen molar-refractivity contribution in [3.63, 3.8) is 0 Å². The first-order valence-corrected chi connectivity index (χ1v) is 10.5.